The van der Waals surface area contributed by atoms with Gasteiger partial charge in [0.05, 0.1) is 17.7 Å². The van der Waals surface area contributed by atoms with Gasteiger partial charge in [-0.3, -0.25) is 0 Å². The third kappa shape index (κ3) is 2.72. The quantitative estimate of drug-likeness (QED) is 0.724. The second-order valence-corrected chi connectivity index (χ2v) is 2.91. The van der Waals surface area contributed by atoms with Crippen molar-refractivity contribution in [2.75, 3.05) is 11.9 Å². The number of nitrogens with one attached hydrogen (secondary N) is 1. The fourth-order valence-electron chi connectivity index (χ4n) is 0.847. The minimum absolute atomic E-state index is 0.0313. The van der Waals surface area contributed by atoms with E-state index in [2.05, 4.69) is 16.9 Å². The molecule has 0 amide bonds. The number of hydrogen-bond acceptors (Lipinski definition) is 3. The van der Waals surface area contributed by atoms with E-state index in [4.69, 9.17) is 16.7 Å². The lowest BCUT2D eigenvalue weighted by Crippen LogP contribution is -2.21. The van der Waals surface area contributed by atoms with E-state index in [-0.39, 0.29) is 12.6 Å². The standard InChI is InChI=1S/C9H11ClN2O/c1-2-7(6-13)12-9-8(10)4-3-5-11-9/h2-5,7,13H,1,6H2,(H,11,12). The van der Waals surface area contributed by atoms with Crippen molar-refractivity contribution >= 4 is 17.4 Å². The highest BCUT2D eigenvalue weighted by atomic mass is 35.5. The Bertz CT molecular complexity index is 291. The smallest absolute Gasteiger partial charge is 0.145 e. The van der Waals surface area contributed by atoms with Crippen molar-refractivity contribution in [1.29, 1.82) is 0 Å². The Morgan fingerprint density at radius 3 is 3.08 bits per heavy atom. The van der Waals surface area contributed by atoms with Gasteiger partial charge in [-0.25, -0.2) is 4.98 Å². The van der Waals surface area contributed by atoms with E-state index in [1.165, 1.54) is 0 Å². The van der Waals surface area contributed by atoms with Gasteiger partial charge in [-0.2, -0.15) is 0 Å². The monoisotopic (exact) mass is 198 g/mol. The van der Waals surface area contributed by atoms with E-state index >= 15 is 0 Å². The molecule has 1 atom stereocenters. The summed E-state index contributed by atoms with van der Waals surface area (Å²) in [6.07, 6.45) is 3.23. The number of aliphatic hydroxyl groups is 1. The summed E-state index contributed by atoms with van der Waals surface area (Å²) >= 11 is 5.84. The SMILES string of the molecule is C=CC(CO)Nc1ncccc1Cl. The highest BCUT2D eigenvalue weighted by Crippen LogP contribution is 2.18. The van der Waals surface area contributed by atoms with Gasteiger partial charge in [-0.1, -0.05) is 17.7 Å². The highest BCUT2D eigenvalue weighted by molar-refractivity contribution is 6.32. The molecule has 4 heteroatoms. The van der Waals surface area contributed by atoms with Crippen LogP contribution in [0.2, 0.25) is 5.02 Å². The van der Waals surface area contributed by atoms with Crippen LogP contribution in [0.5, 0.6) is 0 Å². The lowest BCUT2D eigenvalue weighted by atomic mass is 10.3. The predicted molar refractivity (Wildman–Crippen MR) is 53.9 cm³/mol. The van der Waals surface area contributed by atoms with Crippen molar-refractivity contribution in [2.24, 2.45) is 0 Å². The van der Waals surface area contributed by atoms with Crippen LogP contribution in [0.3, 0.4) is 0 Å². The number of halogens is 1. The summed E-state index contributed by atoms with van der Waals surface area (Å²) < 4.78 is 0. The molecule has 0 saturated carbocycles. The normalized spacial score (nSPS) is 12.2. The molecule has 1 unspecified atom stereocenters. The van der Waals surface area contributed by atoms with E-state index in [1.54, 1.807) is 24.4 Å². The first-order valence-corrected chi connectivity index (χ1v) is 4.26. The summed E-state index contributed by atoms with van der Waals surface area (Å²) in [4.78, 5) is 4.01. The van der Waals surface area contributed by atoms with Crippen LogP contribution in [0.1, 0.15) is 0 Å². The van der Waals surface area contributed by atoms with Crippen molar-refractivity contribution < 1.29 is 5.11 Å². The maximum Gasteiger partial charge on any atom is 0.145 e. The van der Waals surface area contributed by atoms with E-state index in [1.807, 2.05) is 0 Å². The van der Waals surface area contributed by atoms with Gasteiger partial charge < -0.3 is 10.4 Å². The van der Waals surface area contributed by atoms with Crippen LogP contribution in [0.15, 0.2) is 31.0 Å². The molecular weight excluding hydrogens is 188 g/mol. The topological polar surface area (TPSA) is 45.1 Å². The molecule has 3 nitrogen and oxygen atoms in total. The Morgan fingerprint density at radius 1 is 1.77 bits per heavy atom. The number of hydrogen-bond donors (Lipinski definition) is 2. The molecule has 0 aliphatic heterocycles. The van der Waals surface area contributed by atoms with E-state index in [0.29, 0.717) is 10.8 Å². The summed E-state index contributed by atoms with van der Waals surface area (Å²) in [6, 6.07) is 3.26. The fourth-order valence-corrected chi connectivity index (χ4v) is 1.02. The summed E-state index contributed by atoms with van der Waals surface area (Å²) in [5.74, 6) is 0.558. The number of aromatic nitrogens is 1. The van der Waals surface area contributed by atoms with Gasteiger partial charge in [-0.05, 0) is 12.1 Å². The molecule has 70 valence electrons. The number of rotatable bonds is 4. The van der Waals surface area contributed by atoms with Gasteiger partial charge in [-0.15, -0.1) is 6.58 Å². The minimum atomic E-state index is -0.215. The molecule has 0 aromatic carbocycles. The van der Waals surface area contributed by atoms with Crippen molar-refractivity contribution in [3.05, 3.63) is 36.0 Å². The molecule has 0 bridgehead atoms. The molecule has 0 saturated heterocycles. The van der Waals surface area contributed by atoms with Crippen LogP contribution < -0.4 is 5.32 Å². The van der Waals surface area contributed by atoms with E-state index in [0.717, 1.165) is 0 Å². The largest absolute Gasteiger partial charge is 0.394 e. The molecule has 2 N–H and O–H groups in total. The molecule has 0 fully saturated rings. The molecule has 0 aliphatic rings. The zero-order valence-corrected chi connectivity index (χ0v) is 7.83. The van der Waals surface area contributed by atoms with Crippen LogP contribution in [0.25, 0.3) is 0 Å². The summed E-state index contributed by atoms with van der Waals surface area (Å²) in [6.45, 7) is 3.53. The minimum Gasteiger partial charge on any atom is -0.394 e. The van der Waals surface area contributed by atoms with Gasteiger partial charge in [0.25, 0.3) is 0 Å². The van der Waals surface area contributed by atoms with Crippen molar-refractivity contribution in [3.63, 3.8) is 0 Å². The Labute approximate surface area is 82.1 Å². The van der Waals surface area contributed by atoms with Gasteiger partial charge in [0, 0.05) is 6.20 Å². The number of pyridine rings is 1. The summed E-state index contributed by atoms with van der Waals surface area (Å²) in [5, 5.41) is 12.3. The number of aliphatic hydroxyl groups excluding tert-OH is 1. The molecule has 0 aliphatic carbocycles. The van der Waals surface area contributed by atoms with Crippen LogP contribution in [-0.2, 0) is 0 Å². The molecule has 13 heavy (non-hydrogen) atoms. The Balaban J connectivity index is 2.73. The second-order valence-electron chi connectivity index (χ2n) is 2.50. The van der Waals surface area contributed by atoms with Crippen LogP contribution in [0.4, 0.5) is 5.82 Å². The van der Waals surface area contributed by atoms with Crippen LogP contribution in [0, 0.1) is 0 Å². The molecule has 1 heterocycles. The summed E-state index contributed by atoms with van der Waals surface area (Å²) in [5.41, 5.74) is 0. The molecular formula is C9H11ClN2O. The first-order valence-electron chi connectivity index (χ1n) is 3.88. The van der Waals surface area contributed by atoms with E-state index in [9.17, 15) is 0 Å². The lowest BCUT2D eigenvalue weighted by Gasteiger charge is -2.12. The van der Waals surface area contributed by atoms with Crippen LogP contribution >= 0.6 is 11.6 Å². The van der Waals surface area contributed by atoms with E-state index < -0.39 is 0 Å². The Kier molecular flexibility index (Phi) is 3.73. The number of anilines is 1. The maximum absolute atomic E-state index is 8.87. The maximum atomic E-state index is 8.87. The second kappa shape index (κ2) is 4.84. The predicted octanol–water partition coefficient (Wildman–Crippen LogP) is 1.69. The third-order valence-corrected chi connectivity index (χ3v) is 1.87. The Hall–Kier alpha value is -1.06. The lowest BCUT2D eigenvalue weighted by molar-refractivity contribution is 0.290. The fraction of sp³-hybridized carbons (Fsp3) is 0.222. The third-order valence-electron chi connectivity index (χ3n) is 1.56. The highest BCUT2D eigenvalue weighted by Gasteiger charge is 2.05. The summed E-state index contributed by atoms with van der Waals surface area (Å²) in [7, 11) is 0. The molecule has 1 aromatic rings. The van der Waals surface area contributed by atoms with Crippen molar-refractivity contribution in [2.45, 2.75) is 6.04 Å². The molecule has 0 spiro atoms. The first kappa shape index (κ1) is 10.0. The molecule has 1 aromatic heterocycles. The molecule has 1 rings (SSSR count). The van der Waals surface area contributed by atoms with Gasteiger partial charge in [0.1, 0.15) is 5.82 Å². The van der Waals surface area contributed by atoms with Gasteiger partial charge in [0.2, 0.25) is 0 Å². The average molecular weight is 199 g/mol. The van der Waals surface area contributed by atoms with Crippen molar-refractivity contribution in [1.82, 2.24) is 4.98 Å². The Morgan fingerprint density at radius 2 is 2.54 bits per heavy atom. The van der Waals surface area contributed by atoms with Gasteiger partial charge in [0.15, 0.2) is 0 Å². The van der Waals surface area contributed by atoms with Crippen LogP contribution in [-0.4, -0.2) is 22.7 Å². The first-order chi connectivity index (χ1) is 6.27. The average Bonchev–Trinajstić information content (AvgIpc) is 2.17. The van der Waals surface area contributed by atoms with Gasteiger partial charge >= 0.3 is 0 Å². The molecule has 0 radical (unpaired) electrons. The zero-order chi connectivity index (χ0) is 9.68. The number of nitrogens with zero attached hydrogens (tertiary/aromatic N) is 1. The van der Waals surface area contributed by atoms with Crippen molar-refractivity contribution in [3.8, 4) is 0 Å². The zero-order valence-electron chi connectivity index (χ0n) is 7.07.